The first-order chi connectivity index (χ1) is 13.7. The minimum atomic E-state index is -0.705. The molecule has 0 unspecified atom stereocenters. The van der Waals surface area contributed by atoms with E-state index in [0.717, 1.165) is 27.8 Å². The predicted octanol–water partition coefficient (Wildman–Crippen LogP) is 2.21. The topological polar surface area (TPSA) is 103 Å². The Labute approximate surface area is 160 Å². The van der Waals surface area contributed by atoms with Gasteiger partial charge < -0.3 is 9.72 Å². The highest BCUT2D eigenvalue weighted by atomic mass is 16.5. The molecule has 1 N–H and O–H groups in total. The molecule has 8 heteroatoms. The molecule has 0 bridgehead atoms. The SMILES string of the molecule is COc1ccc(Cn2nnnc2C(=O)C(=O)Cc2c[nH]c3ccccc23)cc1. The number of aromatic amines is 1. The Kier molecular flexibility index (Phi) is 4.67. The normalized spacial score (nSPS) is 10.9. The van der Waals surface area contributed by atoms with Gasteiger partial charge in [0.1, 0.15) is 5.75 Å². The van der Waals surface area contributed by atoms with Crippen molar-refractivity contribution in [1.82, 2.24) is 25.2 Å². The Balaban J connectivity index is 1.51. The van der Waals surface area contributed by atoms with Crippen molar-refractivity contribution < 1.29 is 14.3 Å². The molecule has 4 aromatic rings. The van der Waals surface area contributed by atoms with Gasteiger partial charge in [0.2, 0.25) is 11.6 Å². The number of nitrogens with one attached hydrogen (secondary N) is 1. The Hall–Kier alpha value is -3.81. The Morgan fingerprint density at radius 1 is 1.11 bits per heavy atom. The number of para-hydroxylation sites is 1. The van der Waals surface area contributed by atoms with E-state index in [4.69, 9.17) is 4.74 Å². The first-order valence-corrected chi connectivity index (χ1v) is 8.67. The van der Waals surface area contributed by atoms with Crippen LogP contribution in [0.15, 0.2) is 54.7 Å². The third kappa shape index (κ3) is 3.39. The van der Waals surface area contributed by atoms with E-state index in [0.29, 0.717) is 0 Å². The number of hydrogen-bond donors (Lipinski definition) is 1. The molecule has 0 spiro atoms. The van der Waals surface area contributed by atoms with E-state index in [-0.39, 0.29) is 18.8 Å². The van der Waals surface area contributed by atoms with Gasteiger partial charge in [-0.1, -0.05) is 30.3 Å². The molecule has 0 atom stereocenters. The second-order valence-electron chi connectivity index (χ2n) is 6.30. The molecule has 0 aliphatic rings. The number of rotatable bonds is 7. The summed E-state index contributed by atoms with van der Waals surface area (Å²) >= 11 is 0. The van der Waals surface area contributed by atoms with E-state index in [1.54, 1.807) is 13.3 Å². The fourth-order valence-electron chi connectivity index (χ4n) is 3.03. The molecule has 4 rings (SSSR count). The zero-order valence-electron chi connectivity index (χ0n) is 15.1. The second-order valence-corrected chi connectivity index (χ2v) is 6.30. The van der Waals surface area contributed by atoms with Crippen LogP contribution in [0.1, 0.15) is 21.7 Å². The largest absolute Gasteiger partial charge is 0.497 e. The molecule has 28 heavy (non-hydrogen) atoms. The highest BCUT2D eigenvalue weighted by Gasteiger charge is 2.24. The van der Waals surface area contributed by atoms with E-state index in [1.807, 2.05) is 48.5 Å². The molecule has 2 aromatic carbocycles. The van der Waals surface area contributed by atoms with Gasteiger partial charge in [-0.3, -0.25) is 9.59 Å². The molecule has 0 aliphatic heterocycles. The molecule has 0 radical (unpaired) electrons. The van der Waals surface area contributed by atoms with Crippen molar-refractivity contribution in [3.05, 3.63) is 71.7 Å². The summed E-state index contributed by atoms with van der Waals surface area (Å²) in [6.45, 7) is 0.276. The number of hydrogen-bond acceptors (Lipinski definition) is 6. The molecule has 2 heterocycles. The third-order valence-corrected chi connectivity index (χ3v) is 4.51. The van der Waals surface area contributed by atoms with E-state index in [2.05, 4.69) is 20.5 Å². The summed E-state index contributed by atoms with van der Waals surface area (Å²) in [6.07, 6.45) is 1.73. The minimum Gasteiger partial charge on any atom is -0.497 e. The number of H-pyrrole nitrogens is 1. The first kappa shape index (κ1) is 17.6. The fraction of sp³-hybridized carbons (Fsp3) is 0.150. The summed E-state index contributed by atoms with van der Waals surface area (Å²) in [7, 11) is 1.59. The van der Waals surface area contributed by atoms with Crippen LogP contribution in [0.3, 0.4) is 0 Å². The smallest absolute Gasteiger partial charge is 0.267 e. The van der Waals surface area contributed by atoms with Crippen LogP contribution in [0.2, 0.25) is 0 Å². The van der Waals surface area contributed by atoms with Gasteiger partial charge in [-0.2, -0.15) is 0 Å². The summed E-state index contributed by atoms with van der Waals surface area (Å²) in [5, 5.41) is 12.1. The van der Waals surface area contributed by atoms with Crippen LogP contribution in [0, 0.1) is 0 Å². The van der Waals surface area contributed by atoms with Crippen molar-refractivity contribution >= 4 is 22.5 Å². The zero-order chi connectivity index (χ0) is 19.5. The van der Waals surface area contributed by atoms with Gasteiger partial charge in [0.15, 0.2) is 0 Å². The number of carbonyl (C=O) groups is 2. The lowest BCUT2D eigenvalue weighted by molar-refractivity contribution is -0.114. The van der Waals surface area contributed by atoms with Crippen LogP contribution in [0.25, 0.3) is 10.9 Å². The maximum absolute atomic E-state index is 12.6. The van der Waals surface area contributed by atoms with Gasteiger partial charge in [-0.05, 0) is 39.8 Å². The Morgan fingerprint density at radius 2 is 1.89 bits per heavy atom. The molecule has 0 fully saturated rings. The predicted molar refractivity (Wildman–Crippen MR) is 101 cm³/mol. The first-order valence-electron chi connectivity index (χ1n) is 8.67. The molecular formula is C20H17N5O3. The maximum Gasteiger partial charge on any atom is 0.267 e. The number of benzene rings is 2. The van der Waals surface area contributed by atoms with Crippen LogP contribution in [-0.4, -0.2) is 43.9 Å². The van der Waals surface area contributed by atoms with Crippen molar-refractivity contribution in [2.24, 2.45) is 0 Å². The lowest BCUT2D eigenvalue weighted by atomic mass is 10.1. The molecule has 8 nitrogen and oxygen atoms in total. The lowest BCUT2D eigenvalue weighted by Gasteiger charge is -2.05. The average Bonchev–Trinajstić information content (AvgIpc) is 3.35. The number of fused-ring (bicyclic) bond motifs is 1. The number of nitrogens with zero attached hydrogens (tertiary/aromatic N) is 4. The maximum atomic E-state index is 12.6. The molecular weight excluding hydrogens is 358 g/mol. The van der Waals surface area contributed by atoms with Gasteiger partial charge in [-0.25, -0.2) is 4.68 Å². The summed E-state index contributed by atoms with van der Waals surface area (Å²) in [5.41, 5.74) is 2.57. The van der Waals surface area contributed by atoms with Gasteiger partial charge in [0.25, 0.3) is 5.78 Å². The minimum absolute atomic E-state index is 0.0156. The van der Waals surface area contributed by atoms with Crippen molar-refractivity contribution in [2.45, 2.75) is 13.0 Å². The number of methoxy groups -OCH3 is 1. The van der Waals surface area contributed by atoms with Crippen LogP contribution < -0.4 is 4.74 Å². The molecule has 0 amide bonds. The van der Waals surface area contributed by atoms with E-state index in [9.17, 15) is 9.59 Å². The Morgan fingerprint density at radius 3 is 2.68 bits per heavy atom. The van der Waals surface area contributed by atoms with Crippen LogP contribution in [0.5, 0.6) is 5.75 Å². The second kappa shape index (κ2) is 7.43. The van der Waals surface area contributed by atoms with Crippen LogP contribution in [0.4, 0.5) is 0 Å². The number of carbonyl (C=O) groups excluding carboxylic acids is 2. The Bertz CT molecular complexity index is 1140. The summed E-state index contributed by atoms with van der Waals surface area (Å²) in [6, 6.07) is 14.9. The average molecular weight is 375 g/mol. The quantitative estimate of drug-likeness (QED) is 0.392. The molecule has 2 aromatic heterocycles. The summed E-state index contributed by atoms with van der Waals surface area (Å²) in [4.78, 5) is 28.3. The van der Waals surface area contributed by atoms with Gasteiger partial charge in [0.05, 0.1) is 13.7 Å². The summed E-state index contributed by atoms with van der Waals surface area (Å²) in [5.74, 6) is -0.606. The highest BCUT2D eigenvalue weighted by Crippen LogP contribution is 2.19. The number of Topliss-reactive ketones (excluding diaryl/α,β-unsaturated/α-hetero) is 2. The molecule has 0 saturated heterocycles. The molecule has 140 valence electrons. The van der Waals surface area contributed by atoms with Gasteiger partial charge in [0, 0.05) is 23.5 Å². The van der Waals surface area contributed by atoms with Gasteiger partial charge >= 0.3 is 0 Å². The number of ether oxygens (including phenoxy) is 1. The zero-order valence-corrected chi connectivity index (χ0v) is 15.1. The molecule has 0 aliphatic carbocycles. The number of tetrazole rings is 1. The van der Waals surface area contributed by atoms with Crippen LogP contribution >= 0.6 is 0 Å². The van der Waals surface area contributed by atoms with E-state index < -0.39 is 11.6 Å². The number of aromatic nitrogens is 5. The van der Waals surface area contributed by atoms with Crippen molar-refractivity contribution in [2.75, 3.05) is 7.11 Å². The monoisotopic (exact) mass is 375 g/mol. The molecule has 0 saturated carbocycles. The van der Waals surface area contributed by atoms with E-state index in [1.165, 1.54) is 4.68 Å². The highest BCUT2D eigenvalue weighted by molar-refractivity contribution is 6.43. The summed E-state index contributed by atoms with van der Waals surface area (Å²) < 4.78 is 6.46. The fourth-order valence-corrected chi connectivity index (χ4v) is 3.03. The standard InChI is InChI=1S/C20H17N5O3/c1-28-15-8-6-13(7-9-15)12-25-20(22-23-24-25)19(27)18(26)10-14-11-21-17-5-3-2-4-16(14)17/h2-9,11,21H,10,12H2,1H3. The third-order valence-electron chi connectivity index (χ3n) is 4.51. The van der Waals surface area contributed by atoms with Crippen LogP contribution in [-0.2, 0) is 17.8 Å². The van der Waals surface area contributed by atoms with Crippen molar-refractivity contribution in [3.8, 4) is 5.75 Å². The number of ketones is 2. The van der Waals surface area contributed by atoms with Gasteiger partial charge in [-0.15, -0.1) is 5.10 Å². The van der Waals surface area contributed by atoms with Crippen molar-refractivity contribution in [1.29, 1.82) is 0 Å². The van der Waals surface area contributed by atoms with E-state index >= 15 is 0 Å². The lowest BCUT2D eigenvalue weighted by Crippen LogP contribution is -2.22. The van der Waals surface area contributed by atoms with Crippen molar-refractivity contribution in [3.63, 3.8) is 0 Å².